The number of amides is 1. The molecule has 140 valence electrons. The first-order valence-corrected chi connectivity index (χ1v) is 9.86. The molecule has 0 fully saturated rings. The fourth-order valence-electron chi connectivity index (χ4n) is 2.17. The van der Waals surface area contributed by atoms with Crippen molar-refractivity contribution in [2.24, 2.45) is 0 Å². The largest absolute Gasteiger partial charge is 0.385 e. The standard InChI is InChI=1S/C18H21ClN2O4S/c1-13-4-7-15(12-17(13)19)21-18(22)14-5-8-16(9-6-14)26(23,24)20-10-3-11-25-2/h4-9,12,20H,3,10-11H2,1-2H3,(H,21,22). The maximum Gasteiger partial charge on any atom is 0.255 e. The molecule has 0 radical (unpaired) electrons. The van der Waals surface area contributed by atoms with Gasteiger partial charge in [-0.05, 0) is 55.3 Å². The van der Waals surface area contributed by atoms with Crippen LogP contribution in [-0.2, 0) is 14.8 Å². The fourth-order valence-corrected chi connectivity index (χ4v) is 3.42. The van der Waals surface area contributed by atoms with E-state index in [0.717, 1.165) is 5.56 Å². The lowest BCUT2D eigenvalue weighted by molar-refractivity contribution is 0.102. The Morgan fingerprint density at radius 2 is 1.85 bits per heavy atom. The van der Waals surface area contributed by atoms with E-state index in [1.807, 2.05) is 13.0 Å². The number of rotatable bonds is 8. The molecule has 0 heterocycles. The van der Waals surface area contributed by atoms with Crippen molar-refractivity contribution in [2.75, 3.05) is 25.6 Å². The minimum Gasteiger partial charge on any atom is -0.385 e. The smallest absolute Gasteiger partial charge is 0.255 e. The summed E-state index contributed by atoms with van der Waals surface area (Å²) in [6.07, 6.45) is 0.579. The van der Waals surface area contributed by atoms with Crippen LogP contribution in [0.4, 0.5) is 5.69 Å². The van der Waals surface area contributed by atoms with Crippen LogP contribution in [0.3, 0.4) is 0 Å². The van der Waals surface area contributed by atoms with Gasteiger partial charge < -0.3 is 10.1 Å². The predicted octanol–water partition coefficient (Wildman–Crippen LogP) is 3.22. The first-order chi connectivity index (χ1) is 12.3. The molecule has 0 aliphatic rings. The number of benzene rings is 2. The van der Waals surface area contributed by atoms with Crippen molar-refractivity contribution in [3.8, 4) is 0 Å². The van der Waals surface area contributed by atoms with Gasteiger partial charge in [-0.3, -0.25) is 4.79 Å². The van der Waals surface area contributed by atoms with Crippen LogP contribution < -0.4 is 10.0 Å². The molecule has 2 aromatic carbocycles. The maximum atomic E-state index is 12.3. The van der Waals surface area contributed by atoms with E-state index in [1.165, 1.54) is 24.3 Å². The summed E-state index contributed by atoms with van der Waals surface area (Å²) in [6, 6.07) is 11.0. The lowest BCUT2D eigenvalue weighted by Gasteiger charge is -2.09. The third kappa shape index (κ3) is 5.54. The Balaban J connectivity index is 2.03. The summed E-state index contributed by atoms with van der Waals surface area (Å²) in [5.74, 6) is -0.345. The van der Waals surface area contributed by atoms with Gasteiger partial charge in [0.25, 0.3) is 5.91 Å². The van der Waals surface area contributed by atoms with Crippen molar-refractivity contribution in [1.29, 1.82) is 0 Å². The molecule has 0 saturated heterocycles. The first-order valence-electron chi connectivity index (χ1n) is 7.99. The second kappa shape index (κ2) is 9.14. The normalized spacial score (nSPS) is 11.3. The molecule has 0 unspecified atom stereocenters. The molecule has 26 heavy (non-hydrogen) atoms. The van der Waals surface area contributed by atoms with E-state index in [0.29, 0.717) is 29.3 Å². The number of hydrogen-bond acceptors (Lipinski definition) is 4. The summed E-state index contributed by atoms with van der Waals surface area (Å²) >= 11 is 6.04. The van der Waals surface area contributed by atoms with Crippen molar-refractivity contribution in [3.63, 3.8) is 0 Å². The average Bonchev–Trinajstić information content (AvgIpc) is 2.62. The molecule has 2 aromatic rings. The molecule has 0 aliphatic heterocycles. The molecule has 0 aliphatic carbocycles. The fraction of sp³-hybridized carbons (Fsp3) is 0.278. The molecule has 0 saturated carbocycles. The van der Waals surface area contributed by atoms with Crippen molar-refractivity contribution in [2.45, 2.75) is 18.2 Å². The van der Waals surface area contributed by atoms with Gasteiger partial charge >= 0.3 is 0 Å². The van der Waals surface area contributed by atoms with Crippen LogP contribution in [0.25, 0.3) is 0 Å². The zero-order valence-corrected chi connectivity index (χ0v) is 16.2. The van der Waals surface area contributed by atoms with Crippen molar-refractivity contribution < 1.29 is 17.9 Å². The lowest BCUT2D eigenvalue weighted by Crippen LogP contribution is -2.25. The second-order valence-corrected chi connectivity index (χ2v) is 7.86. The van der Waals surface area contributed by atoms with E-state index in [9.17, 15) is 13.2 Å². The summed E-state index contributed by atoms with van der Waals surface area (Å²) in [5.41, 5.74) is 1.83. The Hall–Kier alpha value is -1.93. The molecule has 0 spiro atoms. The van der Waals surface area contributed by atoms with Gasteiger partial charge in [-0.2, -0.15) is 0 Å². The van der Waals surface area contributed by atoms with Crippen LogP contribution in [0, 0.1) is 6.92 Å². The molecule has 1 amide bonds. The summed E-state index contributed by atoms with van der Waals surface area (Å²) in [5, 5.41) is 3.29. The Morgan fingerprint density at radius 3 is 2.46 bits per heavy atom. The SMILES string of the molecule is COCCCNS(=O)(=O)c1ccc(C(=O)Nc2ccc(C)c(Cl)c2)cc1. The minimum atomic E-state index is -3.61. The average molecular weight is 397 g/mol. The Kier molecular flexibility index (Phi) is 7.16. The Bertz CT molecular complexity index is 867. The Labute approximate surface area is 158 Å². The second-order valence-electron chi connectivity index (χ2n) is 5.69. The van der Waals surface area contributed by atoms with Gasteiger partial charge in [-0.1, -0.05) is 17.7 Å². The number of carbonyl (C=O) groups excluding carboxylic acids is 1. The van der Waals surface area contributed by atoms with Gasteiger partial charge in [0.15, 0.2) is 0 Å². The molecule has 8 heteroatoms. The molecule has 2 N–H and O–H groups in total. The van der Waals surface area contributed by atoms with Crippen LogP contribution in [-0.4, -0.2) is 34.6 Å². The quantitative estimate of drug-likeness (QED) is 0.671. The zero-order chi connectivity index (χ0) is 19.2. The van der Waals surface area contributed by atoms with E-state index in [1.54, 1.807) is 19.2 Å². The van der Waals surface area contributed by atoms with Crippen LogP contribution in [0.2, 0.25) is 5.02 Å². The maximum absolute atomic E-state index is 12.3. The number of hydrogen-bond donors (Lipinski definition) is 2. The third-order valence-corrected chi connectivity index (χ3v) is 5.56. The number of halogens is 1. The van der Waals surface area contributed by atoms with Crippen LogP contribution in [0.15, 0.2) is 47.4 Å². The third-order valence-electron chi connectivity index (χ3n) is 3.67. The van der Waals surface area contributed by atoms with Crippen LogP contribution in [0.1, 0.15) is 22.3 Å². The highest BCUT2D eigenvalue weighted by atomic mass is 35.5. The van der Waals surface area contributed by atoms with E-state index in [4.69, 9.17) is 16.3 Å². The monoisotopic (exact) mass is 396 g/mol. The van der Waals surface area contributed by atoms with Gasteiger partial charge in [0, 0.05) is 36.5 Å². The van der Waals surface area contributed by atoms with Crippen molar-refractivity contribution in [1.82, 2.24) is 4.72 Å². The van der Waals surface area contributed by atoms with Gasteiger partial charge in [0.1, 0.15) is 0 Å². The van der Waals surface area contributed by atoms with Crippen LogP contribution in [0.5, 0.6) is 0 Å². The molecular weight excluding hydrogens is 376 g/mol. The van der Waals surface area contributed by atoms with Crippen molar-refractivity contribution >= 4 is 33.2 Å². The van der Waals surface area contributed by atoms with Crippen LogP contribution >= 0.6 is 11.6 Å². The van der Waals surface area contributed by atoms with E-state index < -0.39 is 10.0 Å². The molecular formula is C18H21ClN2O4S. The number of anilines is 1. The van der Waals surface area contributed by atoms with E-state index >= 15 is 0 Å². The number of methoxy groups -OCH3 is 1. The summed E-state index contributed by atoms with van der Waals surface area (Å²) in [6.45, 7) is 2.63. The van der Waals surface area contributed by atoms with E-state index in [2.05, 4.69) is 10.0 Å². The van der Waals surface area contributed by atoms with Gasteiger partial charge in [-0.25, -0.2) is 13.1 Å². The summed E-state index contributed by atoms with van der Waals surface area (Å²) in [7, 11) is -2.05. The number of aryl methyl sites for hydroxylation is 1. The minimum absolute atomic E-state index is 0.102. The Morgan fingerprint density at radius 1 is 1.15 bits per heavy atom. The molecule has 0 aromatic heterocycles. The lowest BCUT2D eigenvalue weighted by atomic mass is 10.2. The summed E-state index contributed by atoms with van der Waals surface area (Å²) < 4.78 is 31.7. The predicted molar refractivity (Wildman–Crippen MR) is 102 cm³/mol. The van der Waals surface area contributed by atoms with Crippen molar-refractivity contribution in [3.05, 3.63) is 58.6 Å². The number of ether oxygens (including phenoxy) is 1. The van der Waals surface area contributed by atoms with E-state index in [-0.39, 0.29) is 17.3 Å². The highest BCUT2D eigenvalue weighted by Crippen LogP contribution is 2.20. The highest BCUT2D eigenvalue weighted by molar-refractivity contribution is 7.89. The topological polar surface area (TPSA) is 84.5 Å². The molecule has 2 rings (SSSR count). The highest BCUT2D eigenvalue weighted by Gasteiger charge is 2.14. The number of sulfonamides is 1. The number of nitrogens with one attached hydrogen (secondary N) is 2. The van der Waals surface area contributed by atoms with Gasteiger partial charge in [0.2, 0.25) is 10.0 Å². The number of carbonyl (C=O) groups is 1. The molecule has 0 bridgehead atoms. The summed E-state index contributed by atoms with van der Waals surface area (Å²) in [4.78, 5) is 12.4. The van der Waals surface area contributed by atoms with Gasteiger partial charge in [-0.15, -0.1) is 0 Å². The molecule has 6 nitrogen and oxygen atoms in total. The van der Waals surface area contributed by atoms with Gasteiger partial charge in [0.05, 0.1) is 4.90 Å². The zero-order valence-electron chi connectivity index (χ0n) is 14.6. The molecule has 0 atom stereocenters. The first kappa shape index (κ1) is 20.4.